The standard InChI is InChI=1S/C19H3BF14/c1-2-6(21)8(23)3(9(24)7(2)22)20(4-10(25)14(29)18(33)15(30)11(4)26)5-12(27)16(31)19(34)17(32)13(5)28/h1H3. The zero-order valence-corrected chi connectivity index (χ0v) is 15.9. The zero-order valence-electron chi connectivity index (χ0n) is 15.9. The monoisotopic (exact) mass is 508 g/mol. The molecule has 15 heteroatoms. The summed E-state index contributed by atoms with van der Waals surface area (Å²) in [7, 11) is 0. The van der Waals surface area contributed by atoms with Crippen LogP contribution in [0.2, 0.25) is 0 Å². The van der Waals surface area contributed by atoms with Crippen molar-refractivity contribution in [1.29, 1.82) is 0 Å². The predicted molar refractivity (Wildman–Crippen MR) is 88.1 cm³/mol. The van der Waals surface area contributed by atoms with Crippen LogP contribution >= 0.6 is 0 Å². The van der Waals surface area contributed by atoms with E-state index in [1.165, 1.54) is 0 Å². The van der Waals surface area contributed by atoms with E-state index in [1.54, 1.807) is 0 Å². The molecular formula is C19H3BF14. The predicted octanol–water partition coefficient (Wildman–Crippen LogP) is 4.46. The first kappa shape index (κ1) is 25.4. The SMILES string of the molecule is Cc1c(F)c(F)c(B(c2c(F)c(F)c(F)c(F)c2F)c2c(F)c(F)c(F)c(F)c2F)c(F)c1F. The molecule has 3 rings (SSSR count). The van der Waals surface area contributed by atoms with Crippen LogP contribution in [0.3, 0.4) is 0 Å². The maximum Gasteiger partial charge on any atom is 0.265 e. The summed E-state index contributed by atoms with van der Waals surface area (Å²) in [5.74, 6) is -39.4. The Bertz CT molecular complexity index is 1110. The fourth-order valence-electron chi connectivity index (χ4n) is 3.20. The van der Waals surface area contributed by atoms with E-state index in [9.17, 15) is 61.5 Å². The normalized spacial score (nSPS) is 11.4. The molecule has 0 aliphatic heterocycles. The van der Waals surface area contributed by atoms with Gasteiger partial charge >= 0.3 is 0 Å². The van der Waals surface area contributed by atoms with Gasteiger partial charge in [-0.2, -0.15) is 0 Å². The third kappa shape index (κ3) is 3.39. The van der Waals surface area contributed by atoms with Gasteiger partial charge in [0, 0.05) is 22.0 Å². The second-order valence-electron chi connectivity index (χ2n) is 6.69. The Labute approximate surface area is 179 Å². The summed E-state index contributed by atoms with van der Waals surface area (Å²) in [6.07, 6.45) is 0. The van der Waals surface area contributed by atoms with E-state index in [1.807, 2.05) is 0 Å². The molecule has 0 fully saturated rings. The second-order valence-corrected chi connectivity index (χ2v) is 6.69. The summed E-state index contributed by atoms with van der Waals surface area (Å²) in [6.45, 7) is -3.37. The quantitative estimate of drug-likeness (QED) is 0.212. The third-order valence-electron chi connectivity index (χ3n) is 4.87. The summed E-state index contributed by atoms with van der Waals surface area (Å²) in [4.78, 5) is 0. The topological polar surface area (TPSA) is 0 Å². The van der Waals surface area contributed by atoms with Crippen LogP contribution < -0.4 is 16.4 Å². The van der Waals surface area contributed by atoms with E-state index in [0.29, 0.717) is 6.92 Å². The summed E-state index contributed by atoms with van der Waals surface area (Å²) in [5.41, 5.74) is -8.99. The summed E-state index contributed by atoms with van der Waals surface area (Å²) >= 11 is 0. The average Bonchev–Trinajstić information content (AvgIpc) is 2.81. The van der Waals surface area contributed by atoms with Gasteiger partial charge in [0.05, 0.1) is 0 Å². The molecule has 180 valence electrons. The van der Waals surface area contributed by atoms with E-state index in [-0.39, 0.29) is 0 Å². The molecule has 0 saturated carbocycles. The molecule has 0 radical (unpaired) electrons. The van der Waals surface area contributed by atoms with E-state index in [2.05, 4.69) is 0 Å². The zero-order chi connectivity index (χ0) is 26.0. The van der Waals surface area contributed by atoms with Crippen molar-refractivity contribution in [2.45, 2.75) is 6.92 Å². The highest BCUT2D eigenvalue weighted by Crippen LogP contribution is 2.23. The van der Waals surface area contributed by atoms with Crippen molar-refractivity contribution in [2.24, 2.45) is 0 Å². The second kappa shape index (κ2) is 8.51. The van der Waals surface area contributed by atoms with Gasteiger partial charge in [-0.05, 0) is 6.92 Å². The molecule has 0 nitrogen and oxygen atoms in total. The van der Waals surface area contributed by atoms with Gasteiger partial charge in [0.2, 0.25) is 0 Å². The number of rotatable bonds is 3. The van der Waals surface area contributed by atoms with Crippen LogP contribution in [0.15, 0.2) is 0 Å². The Balaban J connectivity index is 2.68. The molecule has 3 aromatic rings. The highest BCUT2D eigenvalue weighted by atomic mass is 19.2. The molecule has 0 unspecified atom stereocenters. The molecule has 0 aliphatic rings. The van der Waals surface area contributed by atoms with Crippen molar-refractivity contribution in [2.75, 3.05) is 0 Å². The van der Waals surface area contributed by atoms with Crippen LogP contribution in [0, 0.1) is 88.4 Å². The van der Waals surface area contributed by atoms with Crippen molar-refractivity contribution < 1.29 is 61.5 Å². The summed E-state index contributed by atoms with van der Waals surface area (Å²) in [6, 6.07) is 0. The Hall–Kier alpha value is -3.26. The van der Waals surface area contributed by atoms with Gasteiger partial charge in [0.15, 0.2) is 81.4 Å². The van der Waals surface area contributed by atoms with Gasteiger partial charge in [-0.15, -0.1) is 0 Å². The van der Waals surface area contributed by atoms with Gasteiger partial charge in [-0.3, -0.25) is 0 Å². The van der Waals surface area contributed by atoms with Crippen molar-refractivity contribution in [3.05, 3.63) is 87.0 Å². The molecular weight excluding hydrogens is 505 g/mol. The van der Waals surface area contributed by atoms with E-state index < -0.39 is 110 Å². The van der Waals surface area contributed by atoms with E-state index in [0.717, 1.165) is 0 Å². The molecule has 3 aromatic carbocycles. The molecule has 0 amide bonds. The molecule has 0 saturated heterocycles. The van der Waals surface area contributed by atoms with Crippen LogP contribution in [0.5, 0.6) is 0 Å². The first-order valence-corrected chi connectivity index (χ1v) is 8.51. The number of halogens is 14. The minimum atomic E-state index is -3.79. The third-order valence-corrected chi connectivity index (χ3v) is 4.87. The van der Waals surface area contributed by atoms with Gasteiger partial charge in [0.1, 0.15) is 0 Å². The van der Waals surface area contributed by atoms with Gasteiger partial charge in [-0.1, -0.05) is 0 Å². The first-order chi connectivity index (χ1) is 15.7. The minimum Gasteiger partial charge on any atom is -0.204 e. The van der Waals surface area contributed by atoms with Crippen LogP contribution in [-0.4, -0.2) is 6.71 Å². The Morgan fingerprint density at radius 2 is 0.471 bits per heavy atom. The lowest BCUT2D eigenvalue weighted by Crippen LogP contribution is -2.60. The largest absolute Gasteiger partial charge is 0.265 e. The van der Waals surface area contributed by atoms with Crippen LogP contribution in [0.4, 0.5) is 61.5 Å². The van der Waals surface area contributed by atoms with Crippen LogP contribution in [0.25, 0.3) is 0 Å². The van der Waals surface area contributed by atoms with Crippen LogP contribution in [-0.2, 0) is 0 Å². The molecule has 0 aliphatic carbocycles. The lowest BCUT2D eigenvalue weighted by atomic mass is 9.35. The maximum atomic E-state index is 14.6. The Morgan fingerprint density at radius 1 is 0.294 bits per heavy atom. The van der Waals surface area contributed by atoms with Crippen molar-refractivity contribution in [3.63, 3.8) is 0 Å². The highest BCUT2D eigenvalue weighted by molar-refractivity contribution is 6.95. The van der Waals surface area contributed by atoms with Gasteiger partial charge in [-0.25, -0.2) is 61.5 Å². The molecule has 0 bridgehead atoms. The smallest absolute Gasteiger partial charge is 0.204 e. The lowest BCUT2D eigenvalue weighted by Gasteiger charge is -2.21. The fourth-order valence-corrected chi connectivity index (χ4v) is 3.20. The molecule has 0 spiro atoms. The molecule has 34 heavy (non-hydrogen) atoms. The Morgan fingerprint density at radius 3 is 0.706 bits per heavy atom. The summed E-state index contributed by atoms with van der Waals surface area (Å²) < 4.78 is 197. The maximum absolute atomic E-state index is 14.6. The van der Waals surface area contributed by atoms with Crippen molar-refractivity contribution in [1.82, 2.24) is 0 Å². The average molecular weight is 508 g/mol. The fraction of sp³-hybridized carbons (Fsp3) is 0.0526. The van der Waals surface area contributed by atoms with E-state index >= 15 is 0 Å². The van der Waals surface area contributed by atoms with Crippen molar-refractivity contribution in [3.8, 4) is 0 Å². The number of hydrogen-bond donors (Lipinski definition) is 0. The minimum absolute atomic E-state index is 0.423. The van der Waals surface area contributed by atoms with Crippen LogP contribution in [0.1, 0.15) is 5.56 Å². The van der Waals surface area contributed by atoms with Crippen molar-refractivity contribution >= 4 is 23.1 Å². The number of hydrogen-bond acceptors (Lipinski definition) is 0. The highest BCUT2D eigenvalue weighted by Gasteiger charge is 2.44. The molecule has 0 aromatic heterocycles. The van der Waals surface area contributed by atoms with Gasteiger partial charge in [0.25, 0.3) is 6.71 Å². The molecule has 0 atom stereocenters. The lowest BCUT2D eigenvalue weighted by molar-refractivity contribution is 0.382. The molecule has 0 heterocycles. The first-order valence-electron chi connectivity index (χ1n) is 8.51. The van der Waals surface area contributed by atoms with E-state index in [4.69, 9.17) is 0 Å². The Kier molecular flexibility index (Phi) is 6.35. The number of benzene rings is 3. The summed E-state index contributed by atoms with van der Waals surface area (Å²) in [5, 5.41) is 0. The van der Waals surface area contributed by atoms with Gasteiger partial charge < -0.3 is 0 Å². The molecule has 0 N–H and O–H groups in total.